The van der Waals surface area contributed by atoms with Gasteiger partial charge in [0.2, 0.25) is 5.82 Å². The van der Waals surface area contributed by atoms with Crippen LogP contribution in [0.25, 0.3) is 22.8 Å². The molecule has 1 fully saturated rings. The van der Waals surface area contributed by atoms with Gasteiger partial charge in [-0.25, -0.2) is 9.97 Å². The Morgan fingerprint density at radius 2 is 2.12 bits per heavy atom. The van der Waals surface area contributed by atoms with E-state index in [4.69, 9.17) is 9.26 Å². The number of pyridine rings is 1. The Morgan fingerprint density at radius 1 is 1.21 bits per heavy atom. The Bertz CT molecular complexity index is 801. The summed E-state index contributed by atoms with van der Waals surface area (Å²) in [6, 6.07) is 3.65. The topological polar surface area (TPSA) is 98.9 Å². The molecule has 0 aliphatic carbocycles. The Morgan fingerprint density at radius 3 is 2.96 bits per heavy atom. The lowest BCUT2D eigenvalue weighted by Gasteiger charge is -2.12. The van der Waals surface area contributed by atoms with Gasteiger partial charge in [0.1, 0.15) is 17.7 Å². The van der Waals surface area contributed by atoms with Gasteiger partial charge in [-0.1, -0.05) is 5.16 Å². The van der Waals surface area contributed by atoms with Gasteiger partial charge in [-0.05, 0) is 25.0 Å². The van der Waals surface area contributed by atoms with E-state index in [-0.39, 0.29) is 6.10 Å². The quantitative estimate of drug-likeness (QED) is 0.762. The van der Waals surface area contributed by atoms with E-state index >= 15 is 0 Å². The highest BCUT2D eigenvalue weighted by Crippen LogP contribution is 2.26. The van der Waals surface area contributed by atoms with Crippen molar-refractivity contribution < 1.29 is 9.26 Å². The lowest BCUT2D eigenvalue weighted by Crippen LogP contribution is -2.19. The molecule has 8 nitrogen and oxygen atoms in total. The van der Waals surface area contributed by atoms with E-state index in [2.05, 4.69) is 30.4 Å². The molecule has 0 unspecified atom stereocenters. The zero-order valence-corrected chi connectivity index (χ0v) is 12.9. The summed E-state index contributed by atoms with van der Waals surface area (Å²) in [6.07, 6.45) is 8.89. The normalized spacial score (nSPS) is 17.1. The molecule has 4 heterocycles. The number of anilines is 1. The molecule has 3 aromatic rings. The number of aromatic nitrogens is 5. The van der Waals surface area contributed by atoms with Crippen LogP contribution in [0.3, 0.4) is 0 Å². The van der Waals surface area contributed by atoms with Crippen LogP contribution >= 0.6 is 0 Å². The first-order valence-corrected chi connectivity index (χ1v) is 7.80. The van der Waals surface area contributed by atoms with Gasteiger partial charge in [-0.15, -0.1) is 0 Å². The van der Waals surface area contributed by atoms with Crippen molar-refractivity contribution in [3.05, 3.63) is 37.1 Å². The van der Waals surface area contributed by atoms with Gasteiger partial charge in [0.15, 0.2) is 0 Å². The minimum atomic E-state index is 0.211. The molecule has 3 aromatic heterocycles. The predicted octanol–water partition coefficient (Wildman–Crippen LogP) is 2.18. The third-order valence-electron chi connectivity index (χ3n) is 3.83. The van der Waals surface area contributed by atoms with Crippen molar-refractivity contribution in [3.8, 4) is 22.8 Å². The molecule has 24 heavy (non-hydrogen) atoms. The SMILES string of the molecule is c1cc(-c2noc(-c3cncnc3NC[C@H]3CCCO3)n2)ccn1. The first-order chi connectivity index (χ1) is 11.9. The van der Waals surface area contributed by atoms with E-state index in [1.807, 2.05) is 12.1 Å². The van der Waals surface area contributed by atoms with Crippen LogP contribution < -0.4 is 5.32 Å². The minimum Gasteiger partial charge on any atom is -0.376 e. The molecule has 1 N–H and O–H groups in total. The number of nitrogens with zero attached hydrogens (tertiary/aromatic N) is 5. The molecule has 1 aliphatic heterocycles. The number of nitrogens with one attached hydrogen (secondary N) is 1. The monoisotopic (exact) mass is 324 g/mol. The molecular weight excluding hydrogens is 308 g/mol. The van der Waals surface area contributed by atoms with Crippen LogP contribution in [0.5, 0.6) is 0 Å². The Labute approximate surface area is 138 Å². The van der Waals surface area contributed by atoms with E-state index in [9.17, 15) is 0 Å². The van der Waals surface area contributed by atoms with Crippen molar-refractivity contribution in [3.63, 3.8) is 0 Å². The Hall–Kier alpha value is -2.87. The molecule has 1 atom stereocenters. The number of hydrogen-bond donors (Lipinski definition) is 1. The van der Waals surface area contributed by atoms with E-state index in [1.54, 1.807) is 18.6 Å². The van der Waals surface area contributed by atoms with Crippen molar-refractivity contribution in [1.29, 1.82) is 0 Å². The van der Waals surface area contributed by atoms with Gasteiger partial charge in [-0.3, -0.25) is 4.98 Å². The second kappa shape index (κ2) is 6.71. The average Bonchev–Trinajstić information content (AvgIpc) is 3.33. The summed E-state index contributed by atoms with van der Waals surface area (Å²) in [5.74, 6) is 1.53. The molecule has 0 aromatic carbocycles. The van der Waals surface area contributed by atoms with Crippen LogP contribution in [-0.2, 0) is 4.74 Å². The van der Waals surface area contributed by atoms with E-state index in [0.29, 0.717) is 29.6 Å². The third kappa shape index (κ3) is 3.09. The van der Waals surface area contributed by atoms with Crippen LogP contribution in [-0.4, -0.2) is 44.3 Å². The molecule has 0 radical (unpaired) electrons. The lowest BCUT2D eigenvalue weighted by atomic mass is 10.2. The number of hydrogen-bond acceptors (Lipinski definition) is 8. The van der Waals surface area contributed by atoms with Gasteiger partial charge >= 0.3 is 0 Å². The van der Waals surface area contributed by atoms with Crippen LogP contribution in [0.1, 0.15) is 12.8 Å². The first-order valence-electron chi connectivity index (χ1n) is 7.80. The zero-order chi connectivity index (χ0) is 16.2. The van der Waals surface area contributed by atoms with Crippen molar-refractivity contribution >= 4 is 5.82 Å². The summed E-state index contributed by atoms with van der Waals surface area (Å²) in [4.78, 5) is 16.8. The molecule has 122 valence electrons. The maximum Gasteiger partial charge on any atom is 0.263 e. The minimum absolute atomic E-state index is 0.211. The fraction of sp³-hybridized carbons (Fsp3) is 0.312. The summed E-state index contributed by atoms with van der Waals surface area (Å²) in [5.41, 5.74) is 1.51. The van der Waals surface area contributed by atoms with Gasteiger partial charge < -0.3 is 14.6 Å². The fourth-order valence-electron chi connectivity index (χ4n) is 2.59. The van der Waals surface area contributed by atoms with Gasteiger partial charge in [0, 0.05) is 37.3 Å². The van der Waals surface area contributed by atoms with Crippen molar-refractivity contribution in [1.82, 2.24) is 25.1 Å². The van der Waals surface area contributed by atoms with Crippen molar-refractivity contribution in [2.75, 3.05) is 18.5 Å². The summed E-state index contributed by atoms with van der Waals surface area (Å²) in [6.45, 7) is 1.51. The van der Waals surface area contributed by atoms with E-state index < -0.39 is 0 Å². The second-order valence-electron chi connectivity index (χ2n) is 5.46. The van der Waals surface area contributed by atoms with Gasteiger partial charge in [0.05, 0.1) is 6.10 Å². The Kier molecular flexibility index (Phi) is 4.11. The summed E-state index contributed by atoms with van der Waals surface area (Å²) < 4.78 is 11.0. The Balaban J connectivity index is 1.56. The second-order valence-corrected chi connectivity index (χ2v) is 5.46. The standard InChI is InChI=1S/C16H16N6O2/c1-2-12(23-7-1)8-19-15-13(9-18-10-20-15)16-21-14(22-24-16)11-3-5-17-6-4-11/h3-6,9-10,12H,1-2,7-8H2,(H,18,19,20)/t12-/m1/s1. The van der Waals surface area contributed by atoms with E-state index in [1.165, 1.54) is 6.33 Å². The van der Waals surface area contributed by atoms with Crippen molar-refractivity contribution in [2.45, 2.75) is 18.9 Å². The third-order valence-corrected chi connectivity index (χ3v) is 3.83. The highest BCUT2D eigenvalue weighted by Gasteiger charge is 2.18. The maximum absolute atomic E-state index is 5.62. The molecule has 0 saturated carbocycles. The van der Waals surface area contributed by atoms with Crippen molar-refractivity contribution in [2.24, 2.45) is 0 Å². The number of ether oxygens (including phenoxy) is 1. The summed E-state index contributed by atoms with van der Waals surface area (Å²) >= 11 is 0. The molecule has 1 aliphatic rings. The highest BCUT2D eigenvalue weighted by molar-refractivity contribution is 5.69. The number of rotatable bonds is 5. The largest absolute Gasteiger partial charge is 0.376 e. The fourth-order valence-corrected chi connectivity index (χ4v) is 2.59. The summed E-state index contributed by atoms with van der Waals surface area (Å²) in [7, 11) is 0. The smallest absolute Gasteiger partial charge is 0.263 e. The van der Waals surface area contributed by atoms with Crippen LogP contribution in [0, 0.1) is 0 Å². The van der Waals surface area contributed by atoms with Gasteiger partial charge in [-0.2, -0.15) is 4.98 Å². The van der Waals surface area contributed by atoms with Crippen LogP contribution in [0.4, 0.5) is 5.82 Å². The summed E-state index contributed by atoms with van der Waals surface area (Å²) in [5, 5.41) is 7.31. The lowest BCUT2D eigenvalue weighted by molar-refractivity contribution is 0.120. The highest BCUT2D eigenvalue weighted by atomic mass is 16.5. The first kappa shape index (κ1) is 14.7. The predicted molar refractivity (Wildman–Crippen MR) is 86.0 cm³/mol. The van der Waals surface area contributed by atoms with Crippen LogP contribution in [0.2, 0.25) is 0 Å². The molecule has 8 heteroatoms. The van der Waals surface area contributed by atoms with Crippen LogP contribution in [0.15, 0.2) is 41.6 Å². The van der Waals surface area contributed by atoms with E-state index in [0.717, 1.165) is 25.0 Å². The average molecular weight is 324 g/mol. The molecule has 0 amide bonds. The molecule has 0 spiro atoms. The van der Waals surface area contributed by atoms with Gasteiger partial charge in [0.25, 0.3) is 5.89 Å². The molecule has 1 saturated heterocycles. The molecule has 0 bridgehead atoms. The molecular formula is C16H16N6O2. The molecule has 4 rings (SSSR count). The zero-order valence-electron chi connectivity index (χ0n) is 12.9. The maximum atomic E-state index is 5.62.